The zero-order chi connectivity index (χ0) is 7.98. The Bertz CT molecular complexity index is 104. The van der Waals surface area contributed by atoms with Crippen LogP contribution >= 0.6 is 0 Å². The van der Waals surface area contributed by atoms with Gasteiger partial charge >= 0.3 is 5.97 Å². The van der Waals surface area contributed by atoms with E-state index in [0.29, 0.717) is 0 Å². The smallest absolute Gasteiger partial charge is 0.306 e. The van der Waals surface area contributed by atoms with Gasteiger partial charge in [-0.05, 0) is 6.42 Å². The van der Waals surface area contributed by atoms with Gasteiger partial charge in [-0.1, -0.05) is 33.1 Å². The zero-order valence-corrected chi connectivity index (χ0v) is 10.9. The Hall–Kier alpha value is 1.11. The van der Waals surface area contributed by atoms with Crippen molar-refractivity contribution in [3.8, 4) is 0 Å². The van der Waals surface area contributed by atoms with E-state index in [9.17, 15) is 4.79 Å². The average molecular weight is 183 g/mol. The number of carboxylic acids is 1. The molecule has 0 saturated carbocycles. The first-order chi connectivity index (χ1) is 4.68. The van der Waals surface area contributed by atoms with Gasteiger partial charge in [0.1, 0.15) is 0 Å². The van der Waals surface area contributed by atoms with E-state index in [2.05, 4.69) is 6.92 Å². The van der Waals surface area contributed by atoms with E-state index in [1.54, 1.807) is 6.92 Å². The van der Waals surface area contributed by atoms with Crippen LogP contribution in [0.25, 0.3) is 0 Å². The first-order valence-corrected chi connectivity index (χ1v) is 3.91. The second-order valence-electron chi connectivity index (χ2n) is 2.74. The van der Waals surface area contributed by atoms with Gasteiger partial charge in [0, 0.05) is 51.4 Å². The Morgan fingerprint density at radius 1 is 1.45 bits per heavy atom. The number of rotatable bonds is 5. The van der Waals surface area contributed by atoms with Crippen molar-refractivity contribution in [2.45, 2.75) is 39.5 Å². The molecule has 0 aromatic rings. The molecule has 61 valence electrons. The van der Waals surface area contributed by atoms with Crippen molar-refractivity contribution in [2.75, 3.05) is 0 Å². The van der Waals surface area contributed by atoms with Crippen molar-refractivity contribution < 1.29 is 9.90 Å². The Morgan fingerprint density at radius 2 is 2.00 bits per heavy atom. The van der Waals surface area contributed by atoms with Crippen LogP contribution in [0.3, 0.4) is 0 Å². The minimum absolute atomic E-state index is 0. The van der Waals surface area contributed by atoms with Gasteiger partial charge in [-0.15, -0.1) is 0 Å². The molecule has 0 bridgehead atoms. The fourth-order valence-electron chi connectivity index (χ4n) is 0.824. The summed E-state index contributed by atoms with van der Waals surface area (Å²) >= 11 is 0. The normalized spacial score (nSPS) is 11.8. The minimum atomic E-state index is -0.670. The van der Waals surface area contributed by atoms with E-state index in [-0.39, 0.29) is 57.3 Å². The van der Waals surface area contributed by atoms with Crippen LogP contribution in [0.4, 0.5) is 0 Å². The third-order valence-electron chi connectivity index (χ3n) is 1.66. The van der Waals surface area contributed by atoms with Gasteiger partial charge in [-0.2, -0.15) is 0 Å². The largest absolute Gasteiger partial charge is 0.481 e. The van der Waals surface area contributed by atoms with Crippen molar-refractivity contribution >= 4 is 57.4 Å². The maximum Gasteiger partial charge on any atom is 0.306 e. The SMILES string of the molecule is CCCCCC(C)C(=O)O.[K]. The number of carboxylic acid groups (broad SMARTS) is 1. The first-order valence-electron chi connectivity index (χ1n) is 3.91. The van der Waals surface area contributed by atoms with Crippen LogP contribution in [0.1, 0.15) is 39.5 Å². The minimum Gasteiger partial charge on any atom is -0.481 e. The van der Waals surface area contributed by atoms with Crippen molar-refractivity contribution in [1.82, 2.24) is 0 Å². The molecule has 1 atom stereocenters. The van der Waals surface area contributed by atoms with E-state index in [0.717, 1.165) is 25.7 Å². The summed E-state index contributed by atoms with van der Waals surface area (Å²) in [6, 6.07) is 0. The van der Waals surface area contributed by atoms with Crippen molar-refractivity contribution in [3.05, 3.63) is 0 Å². The summed E-state index contributed by atoms with van der Waals surface area (Å²) < 4.78 is 0. The van der Waals surface area contributed by atoms with Crippen molar-refractivity contribution in [1.29, 1.82) is 0 Å². The summed E-state index contributed by atoms with van der Waals surface area (Å²) in [6.07, 6.45) is 4.18. The summed E-state index contributed by atoms with van der Waals surface area (Å²) in [6.45, 7) is 3.88. The molecule has 1 N–H and O–H groups in total. The summed E-state index contributed by atoms with van der Waals surface area (Å²) in [5, 5.41) is 8.48. The molecule has 1 unspecified atom stereocenters. The van der Waals surface area contributed by atoms with Crippen LogP contribution in [0.15, 0.2) is 0 Å². The van der Waals surface area contributed by atoms with Crippen molar-refractivity contribution in [3.63, 3.8) is 0 Å². The van der Waals surface area contributed by atoms with E-state index < -0.39 is 5.97 Å². The summed E-state index contributed by atoms with van der Waals surface area (Å²) in [7, 11) is 0. The Labute approximate surface area is 111 Å². The van der Waals surface area contributed by atoms with E-state index >= 15 is 0 Å². The second-order valence-corrected chi connectivity index (χ2v) is 2.74. The number of aliphatic carboxylic acids is 1. The molecule has 0 aliphatic heterocycles. The number of hydrogen-bond donors (Lipinski definition) is 1. The monoisotopic (exact) mass is 183 g/mol. The predicted octanol–water partition coefficient (Wildman–Crippen LogP) is 1.91. The molecular weight excluding hydrogens is 167 g/mol. The molecule has 1 radical (unpaired) electrons. The molecule has 0 saturated heterocycles. The van der Waals surface area contributed by atoms with Gasteiger partial charge in [-0.3, -0.25) is 4.79 Å². The molecule has 0 rings (SSSR count). The molecule has 0 aliphatic carbocycles. The molecular formula is C8H16KO2. The maximum absolute atomic E-state index is 10.3. The van der Waals surface area contributed by atoms with Crippen LogP contribution in [0.5, 0.6) is 0 Å². The Kier molecular flexibility index (Phi) is 12.2. The van der Waals surface area contributed by atoms with Gasteiger partial charge in [0.05, 0.1) is 5.92 Å². The third-order valence-corrected chi connectivity index (χ3v) is 1.66. The zero-order valence-electron chi connectivity index (χ0n) is 7.76. The molecule has 0 aromatic carbocycles. The van der Waals surface area contributed by atoms with Crippen LogP contribution in [0.2, 0.25) is 0 Å². The van der Waals surface area contributed by atoms with E-state index in [1.807, 2.05) is 0 Å². The number of carbonyl (C=O) groups is 1. The molecule has 0 amide bonds. The van der Waals surface area contributed by atoms with E-state index in [4.69, 9.17) is 5.11 Å². The topological polar surface area (TPSA) is 37.3 Å². The standard InChI is InChI=1S/C8H16O2.K/c1-3-4-5-6-7(2)8(9)10;/h7H,3-6H2,1-2H3,(H,9,10);. The molecule has 0 fully saturated rings. The van der Waals surface area contributed by atoms with Crippen LogP contribution < -0.4 is 0 Å². The number of unbranched alkanes of at least 4 members (excludes halogenated alkanes) is 2. The Morgan fingerprint density at radius 3 is 2.36 bits per heavy atom. The van der Waals surface area contributed by atoms with Gasteiger partial charge in [0.2, 0.25) is 0 Å². The summed E-state index contributed by atoms with van der Waals surface area (Å²) in [5.74, 6) is -0.831. The predicted molar refractivity (Wildman–Crippen MR) is 46.7 cm³/mol. The molecule has 0 spiro atoms. The molecule has 0 aromatic heterocycles. The quantitative estimate of drug-likeness (QED) is 0.522. The first kappa shape index (κ1) is 14.6. The molecule has 2 nitrogen and oxygen atoms in total. The molecule has 11 heavy (non-hydrogen) atoms. The third kappa shape index (κ3) is 9.02. The van der Waals surface area contributed by atoms with Gasteiger partial charge in [-0.25, -0.2) is 0 Å². The molecule has 3 heteroatoms. The van der Waals surface area contributed by atoms with Gasteiger partial charge < -0.3 is 5.11 Å². The fraction of sp³-hybridized carbons (Fsp3) is 0.875. The summed E-state index contributed by atoms with van der Waals surface area (Å²) in [5.41, 5.74) is 0. The van der Waals surface area contributed by atoms with Crippen LogP contribution in [-0.4, -0.2) is 62.5 Å². The summed E-state index contributed by atoms with van der Waals surface area (Å²) in [4.78, 5) is 10.3. The van der Waals surface area contributed by atoms with Gasteiger partial charge in [0.25, 0.3) is 0 Å². The molecule has 0 heterocycles. The maximum atomic E-state index is 10.3. The molecule has 0 aliphatic rings. The average Bonchev–Trinajstić information content (AvgIpc) is 1.88. The van der Waals surface area contributed by atoms with Crippen LogP contribution in [0, 0.1) is 5.92 Å². The van der Waals surface area contributed by atoms with Crippen LogP contribution in [-0.2, 0) is 4.79 Å². The second kappa shape index (κ2) is 9.20. The Balaban J connectivity index is 0. The van der Waals surface area contributed by atoms with Gasteiger partial charge in [0.15, 0.2) is 0 Å². The number of hydrogen-bond acceptors (Lipinski definition) is 1. The fourth-order valence-corrected chi connectivity index (χ4v) is 0.824. The van der Waals surface area contributed by atoms with E-state index in [1.165, 1.54) is 0 Å². The van der Waals surface area contributed by atoms with Crippen molar-refractivity contribution in [2.24, 2.45) is 5.92 Å².